The Morgan fingerprint density at radius 1 is 1.45 bits per heavy atom. The van der Waals surface area contributed by atoms with Crippen molar-refractivity contribution in [2.24, 2.45) is 0 Å². The number of nitrogens with one attached hydrogen (secondary N) is 1. The number of rotatable bonds is 6. The zero-order valence-corrected chi connectivity index (χ0v) is 12.8. The molecule has 4 heteroatoms. The largest absolute Gasteiger partial charge is 0.377 e. The molecule has 0 spiro atoms. The molecule has 1 aromatic rings. The normalized spacial score (nSPS) is 20.9. The molecule has 2 rings (SSSR count). The maximum atomic E-state index is 13.9. The van der Waals surface area contributed by atoms with E-state index < -0.39 is 0 Å². The van der Waals surface area contributed by atoms with Crippen LogP contribution in [0.15, 0.2) is 18.2 Å². The van der Waals surface area contributed by atoms with Crippen LogP contribution in [-0.4, -0.2) is 25.3 Å². The molecule has 1 N–H and O–H groups in total. The van der Waals surface area contributed by atoms with Gasteiger partial charge in [-0.25, -0.2) is 4.39 Å². The van der Waals surface area contributed by atoms with Crippen molar-refractivity contribution in [2.45, 2.75) is 51.2 Å². The highest BCUT2D eigenvalue weighted by molar-refractivity contribution is 6.30. The zero-order valence-electron chi connectivity index (χ0n) is 12.0. The average molecular weight is 300 g/mol. The van der Waals surface area contributed by atoms with Gasteiger partial charge in [-0.2, -0.15) is 0 Å². The van der Waals surface area contributed by atoms with E-state index in [4.69, 9.17) is 16.3 Å². The van der Waals surface area contributed by atoms with Gasteiger partial charge in [-0.05, 0) is 62.4 Å². The quantitative estimate of drug-likeness (QED) is 0.858. The molecule has 1 saturated heterocycles. The van der Waals surface area contributed by atoms with E-state index in [1.54, 1.807) is 12.1 Å². The van der Waals surface area contributed by atoms with Crippen LogP contribution in [0.2, 0.25) is 5.02 Å². The fraction of sp³-hybridized carbons (Fsp3) is 0.625. The van der Waals surface area contributed by atoms with Gasteiger partial charge in [-0.1, -0.05) is 18.5 Å². The Kier molecular flexibility index (Phi) is 6.27. The molecule has 2 atom stereocenters. The summed E-state index contributed by atoms with van der Waals surface area (Å²) in [5.74, 6) is -0.187. The average Bonchev–Trinajstić information content (AvgIpc) is 2.48. The van der Waals surface area contributed by atoms with E-state index in [0.717, 1.165) is 32.4 Å². The van der Waals surface area contributed by atoms with Gasteiger partial charge in [0.1, 0.15) is 5.82 Å². The molecule has 0 bridgehead atoms. The third-order valence-electron chi connectivity index (χ3n) is 3.77. The van der Waals surface area contributed by atoms with Gasteiger partial charge in [0.2, 0.25) is 0 Å². The van der Waals surface area contributed by atoms with Gasteiger partial charge in [0.05, 0.1) is 6.10 Å². The minimum atomic E-state index is -0.187. The molecule has 2 unspecified atom stereocenters. The molecule has 1 heterocycles. The molecule has 0 saturated carbocycles. The number of benzene rings is 1. The fourth-order valence-electron chi connectivity index (χ4n) is 2.68. The summed E-state index contributed by atoms with van der Waals surface area (Å²) in [7, 11) is 0. The second-order valence-electron chi connectivity index (χ2n) is 5.41. The molecule has 0 radical (unpaired) electrons. The van der Waals surface area contributed by atoms with Gasteiger partial charge < -0.3 is 10.1 Å². The lowest BCUT2D eigenvalue weighted by molar-refractivity contribution is -0.00751. The van der Waals surface area contributed by atoms with Crippen LogP contribution in [-0.2, 0) is 11.2 Å². The van der Waals surface area contributed by atoms with Gasteiger partial charge in [-0.15, -0.1) is 0 Å². The highest BCUT2D eigenvalue weighted by atomic mass is 35.5. The fourth-order valence-corrected chi connectivity index (χ4v) is 2.88. The first kappa shape index (κ1) is 15.7. The SMILES string of the molecule is CCCNC(Cc1cc(Cl)ccc1F)C1CCCCO1. The van der Waals surface area contributed by atoms with Crippen molar-refractivity contribution in [3.05, 3.63) is 34.6 Å². The monoisotopic (exact) mass is 299 g/mol. The highest BCUT2D eigenvalue weighted by Crippen LogP contribution is 2.22. The molecule has 2 nitrogen and oxygen atoms in total. The minimum Gasteiger partial charge on any atom is -0.377 e. The molecule has 0 aliphatic carbocycles. The van der Waals surface area contributed by atoms with Crippen LogP contribution in [0.4, 0.5) is 4.39 Å². The molecule has 1 aliphatic heterocycles. The van der Waals surface area contributed by atoms with Crippen LogP contribution in [0.1, 0.15) is 38.2 Å². The third-order valence-corrected chi connectivity index (χ3v) is 4.00. The first-order valence-electron chi connectivity index (χ1n) is 7.49. The molecule has 0 aromatic heterocycles. The van der Waals surface area contributed by atoms with E-state index in [0.29, 0.717) is 17.0 Å². The summed E-state index contributed by atoms with van der Waals surface area (Å²) in [6, 6.07) is 4.91. The zero-order chi connectivity index (χ0) is 14.4. The van der Waals surface area contributed by atoms with Gasteiger partial charge >= 0.3 is 0 Å². The van der Waals surface area contributed by atoms with Crippen LogP contribution in [0.3, 0.4) is 0 Å². The molecular formula is C16H23ClFNO. The highest BCUT2D eigenvalue weighted by Gasteiger charge is 2.25. The van der Waals surface area contributed by atoms with Crippen LogP contribution < -0.4 is 5.32 Å². The van der Waals surface area contributed by atoms with Crippen molar-refractivity contribution >= 4 is 11.6 Å². The Labute approximate surface area is 125 Å². The predicted molar refractivity (Wildman–Crippen MR) is 80.8 cm³/mol. The van der Waals surface area contributed by atoms with Gasteiger partial charge in [0, 0.05) is 17.7 Å². The number of hydrogen-bond donors (Lipinski definition) is 1. The molecule has 0 amide bonds. The van der Waals surface area contributed by atoms with E-state index in [-0.39, 0.29) is 18.0 Å². The second kappa shape index (κ2) is 7.96. The lowest BCUT2D eigenvalue weighted by Gasteiger charge is -2.31. The van der Waals surface area contributed by atoms with Crippen LogP contribution in [0.5, 0.6) is 0 Å². The van der Waals surface area contributed by atoms with E-state index in [1.165, 1.54) is 12.5 Å². The maximum Gasteiger partial charge on any atom is 0.126 e. The molecule has 1 aromatic carbocycles. The lowest BCUT2D eigenvalue weighted by atomic mass is 9.95. The Balaban J connectivity index is 2.07. The summed E-state index contributed by atoms with van der Waals surface area (Å²) in [6.45, 7) is 3.87. The van der Waals surface area contributed by atoms with Crippen molar-refractivity contribution in [1.29, 1.82) is 0 Å². The first-order chi connectivity index (χ1) is 9.70. The Morgan fingerprint density at radius 3 is 3.00 bits per heavy atom. The number of ether oxygens (including phenoxy) is 1. The Morgan fingerprint density at radius 2 is 2.30 bits per heavy atom. The molecule has 1 aliphatic rings. The van der Waals surface area contributed by atoms with E-state index in [9.17, 15) is 4.39 Å². The van der Waals surface area contributed by atoms with Crippen molar-refractivity contribution < 1.29 is 9.13 Å². The third kappa shape index (κ3) is 4.44. The minimum absolute atomic E-state index is 0.156. The number of halogens is 2. The first-order valence-corrected chi connectivity index (χ1v) is 7.87. The van der Waals surface area contributed by atoms with Gasteiger partial charge in [-0.3, -0.25) is 0 Å². The topological polar surface area (TPSA) is 21.3 Å². The van der Waals surface area contributed by atoms with Gasteiger partial charge in [0.15, 0.2) is 0 Å². The van der Waals surface area contributed by atoms with E-state index in [2.05, 4.69) is 12.2 Å². The van der Waals surface area contributed by atoms with E-state index in [1.807, 2.05) is 0 Å². The maximum absolute atomic E-state index is 13.9. The molecular weight excluding hydrogens is 277 g/mol. The summed E-state index contributed by atoms with van der Waals surface area (Å²) in [6.07, 6.45) is 5.21. The summed E-state index contributed by atoms with van der Waals surface area (Å²) < 4.78 is 19.8. The van der Waals surface area contributed by atoms with Crippen LogP contribution in [0.25, 0.3) is 0 Å². The smallest absolute Gasteiger partial charge is 0.126 e. The Bertz CT molecular complexity index is 421. The predicted octanol–water partition coefficient (Wildman–Crippen LogP) is 3.96. The van der Waals surface area contributed by atoms with Crippen molar-refractivity contribution in [1.82, 2.24) is 5.32 Å². The second-order valence-corrected chi connectivity index (χ2v) is 5.84. The standard InChI is InChI=1S/C16H23ClFNO/c1-2-8-19-15(16-5-3-4-9-20-16)11-12-10-13(17)6-7-14(12)18/h6-7,10,15-16,19H,2-5,8-9,11H2,1H3. The van der Waals surface area contributed by atoms with Crippen molar-refractivity contribution in [3.63, 3.8) is 0 Å². The molecule has 112 valence electrons. The summed E-state index contributed by atoms with van der Waals surface area (Å²) >= 11 is 5.97. The Hall–Kier alpha value is -0.640. The summed E-state index contributed by atoms with van der Waals surface area (Å²) in [5.41, 5.74) is 0.667. The summed E-state index contributed by atoms with van der Waals surface area (Å²) in [5, 5.41) is 4.08. The van der Waals surface area contributed by atoms with Gasteiger partial charge in [0.25, 0.3) is 0 Å². The van der Waals surface area contributed by atoms with E-state index >= 15 is 0 Å². The van der Waals surface area contributed by atoms with Crippen molar-refractivity contribution in [2.75, 3.05) is 13.2 Å². The lowest BCUT2D eigenvalue weighted by Crippen LogP contribution is -2.44. The molecule has 1 fully saturated rings. The number of hydrogen-bond acceptors (Lipinski definition) is 2. The van der Waals surface area contributed by atoms with Crippen LogP contribution >= 0.6 is 11.6 Å². The molecule has 20 heavy (non-hydrogen) atoms. The van der Waals surface area contributed by atoms with Crippen LogP contribution in [0, 0.1) is 5.82 Å². The summed E-state index contributed by atoms with van der Waals surface area (Å²) in [4.78, 5) is 0. The van der Waals surface area contributed by atoms with Crippen molar-refractivity contribution in [3.8, 4) is 0 Å².